The van der Waals surface area contributed by atoms with Crippen LogP contribution >= 0.6 is 11.3 Å². The first-order valence-electron chi connectivity index (χ1n) is 7.71. The quantitative estimate of drug-likeness (QED) is 0.762. The topological polar surface area (TPSA) is 47.6 Å². The van der Waals surface area contributed by atoms with E-state index in [2.05, 4.69) is 5.32 Å². The Morgan fingerprint density at radius 3 is 2.84 bits per heavy atom. The second-order valence-electron chi connectivity index (χ2n) is 5.54. The molecular weight excluding hydrogens is 341 g/mol. The maximum atomic E-state index is 13.2. The van der Waals surface area contributed by atoms with Crippen LogP contribution in [0.4, 0.5) is 4.39 Å². The van der Waals surface area contributed by atoms with Gasteiger partial charge >= 0.3 is 0 Å². The molecule has 0 saturated carbocycles. The molecule has 0 bridgehead atoms. The predicted octanol–water partition coefficient (Wildman–Crippen LogP) is 4.21. The van der Waals surface area contributed by atoms with Crippen LogP contribution in [-0.2, 0) is 6.54 Å². The lowest BCUT2D eigenvalue weighted by molar-refractivity contribution is 0.0955. The first kappa shape index (κ1) is 15.7. The molecule has 0 radical (unpaired) electrons. The van der Waals surface area contributed by atoms with Gasteiger partial charge in [-0.15, -0.1) is 11.3 Å². The number of hydrogen-bond donors (Lipinski definition) is 1. The Bertz CT molecular complexity index is 938. The van der Waals surface area contributed by atoms with Crippen molar-refractivity contribution in [2.24, 2.45) is 0 Å². The van der Waals surface area contributed by atoms with E-state index in [0.717, 1.165) is 21.8 Å². The van der Waals surface area contributed by atoms with E-state index >= 15 is 0 Å². The molecule has 1 N–H and O–H groups in total. The van der Waals surface area contributed by atoms with Crippen LogP contribution in [-0.4, -0.2) is 12.7 Å². The predicted molar refractivity (Wildman–Crippen MR) is 93.4 cm³/mol. The van der Waals surface area contributed by atoms with Crippen LogP contribution in [0.3, 0.4) is 0 Å². The van der Waals surface area contributed by atoms with Crippen LogP contribution in [0.25, 0.3) is 10.4 Å². The standard InChI is InChI=1S/C19H14FNO3S/c20-14-3-1-2-12(8-14)10-21-19(22)18-7-6-17(25-18)13-4-5-15-16(9-13)24-11-23-15/h1-9H,10-11H2,(H,21,22). The van der Waals surface area contributed by atoms with Crippen LogP contribution in [0.15, 0.2) is 54.6 Å². The normalized spacial score (nSPS) is 12.2. The molecule has 6 heteroatoms. The van der Waals surface area contributed by atoms with Gasteiger partial charge in [-0.05, 0) is 53.6 Å². The van der Waals surface area contributed by atoms with Gasteiger partial charge in [-0.3, -0.25) is 4.79 Å². The highest BCUT2D eigenvalue weighted by Crippen LogP contribution is 2.37. The van der Waals surface area contributed by atoms with Crippen LogP contribution in [0.1, 0.15) is 15.2 Å². The summed E-state index contributed by atoms with van der Waals surface area (Å²) in [6, 6.07) is 15.6. The zero-order valence-corrected chi connectivity index (χ0v) is 13.9. The van der Waals surface area contributed by atoms with Crippen LogP contribution < -0.4 is 14.8 Å². The molecule has 2 aromatic carbocycles. The van der Waals surface area contributed by atoms with Gasteiger partial charge in [-0.25, -0.2) is 4.39 Å². The average molecular weight is 355 g/mol. The SMILES string of the molecule is O=C(NCc1cccc(F)c1)c1ccc(-c2ccc3c(c2)OCO3)s1. The number of nitrogens with one attached hydrogen (secondary N) is 1. The van der Waals surface area contributed by atoms with Gasteiger partial charge < -0.3 is 14.8 Å². The van der Waals surface area contributed by atoms with Crippen LogP contribution in [0, 0.1) is 5.82 Å². The fraction of sp³-hybridized carbons (Fsp3) is 0.105. The molecule has 2 heterocycles. The minimum absolute atomic E-state index is 0.179. The van der Waals surface area contributed by atoms with Gasteiger partial charge in [0.2, 0.25) is 6.79 Å². The third kappa shape index (κ3) is 3.34. The molecule has 1 aromatic heterocycles. The molecule has 0 aliphatic carbocycles. The summed E-state index contributed by atoms with van der Waals surface area (Å²) in [7, 11) is 0. The summed E-state index contributed by atoms with van der Waals surface area (Å²) in [5.74, 6) is 0.950. The number of thiophene rings is 1. The minimum Gasteiger partial charge on any atom is -0.454 e. The van der Waals surface area contributed by atoms with Gasteiger partial charge in [0.15, 0.2) is 11.5 Å². The zero-order valence-electron chi connectivity index (χ0n) is 13.1. The molecule has 4 rings (SSSR count). The van der Waals surface area contributed by atoms with Gasteiger partial charge in [-0.1, -0.05) is 12.1 Å². The molecule has 1 aliphatic heterocycles. The van der Waals surface area contributed by atoms with E-state index in [1.807, 2.05) is 24.3 Å². The molecule has 25 heavy (non-hydrogen) atoms. The van der Waals surface area contributed by atoms with Gasteiger partial charge in [0.1, 0.15) is 5.82 Å². The average Bonchev–Trinajstić information content (AvgIpc) is 3.28. The Labute approximate surface area is 147 Å². The molecule has 0 saturated heterocycles. The maximum Gasteiger partial charge on any atom is 0.261 e. The summed E-state index contributed by atoms with van der Waals surface area (Å²) in [5.41, 5.74) is 1.69. The van der Waals surface area contributed by atoms with Crippen molar-refractivity contribution >= 4 is 17.2 Å². The van der Waals surface area contributed by atoms with Crippen LogP contribution in [0.5, 0.6) is 11.5 Å². The van der Waals surface area contributed by atoms with E-state index in [1.54, 1.807) is 18.2 Å². The van der Waals surface area contributed by atoms with Crippen molar-refractivity contribution in [3.8, 4) is 21.9 Å². The first-order chi connectivity index (χ1) is 12.2. The van der Waals surface area contributed by atoms with Gasteiger partial charge in [0, 0.05) is 11.4 Å². The van der Waals surface area contributed by atoms with Crippen molar-refractivity contribution in [2.45, 2.75) is 6.54 Å². The van der Waals surface area contributed by atoms with E-state index in [-0.39, 0.29) is 25.1 Å². The van der Waals surface area contributed by atoms with Crippen LogP contribution in [0.2, 0.25) is 0 Å². The lowest BCUT2D eigenvalue weighted by Gasteiger charge is -2.04. The lowest BCUT2D eigenvalue weighted by atomic mass is 10.1. The summed E-state index contributed by atoms with van der Waals surface area (Å²) in [6.45, 7) is 0.519. The van der Waals surface area contributed by atoms with Gasteiger partial charge in [-0.2, -0.15) is 0 Å². The summed E-state index contributed by atoms with van der Waals surface area (Å²) in [6.07, 6.45) is 0. The molecule has 1 amide bonds. The Morgan fingerprint density at radius 1 is 1.08 bits per heavy atom. The number of hydrogen-bond acceptors (Lipinski definition) is 4. The summed E-state index contributed by atoms with van der Waals surface area (Å²) >= 11 is 1.40. The van der Waals surface area contributed by atoms with Crippen molar-refractivity contribution in [2.75, 3.05) is 6.79 Å². The van der Waals surface area contributed by atoms with Crippen molar-refractivity contribution in [3.05, 3.63) is 70.9 Å². The molecule has 0 fully saturated rings. The number of carbonyl (C=O) groups is 1. The van der Waals surface area contributed by atoms with Gasteiger partial charge in [0.25, 0.3) is 5.91 Å². The molecule has 0 spiro atoms. The van der Waals surface area contributed by atoms with Crippen molar-refractivity contribution < 1.29 is 18.7 Å². The second-order valence-corrected chi connectivity index (χ2v) is 6.63. The van der Waals surface area contributed by atoms with E-state index in [9.17, 15) is 9.18 Å². The van der Waals surface area contributed by atoms with Crippen molar-refractivity contribution in [1.82, 2.24) is 5.32 Å². The molecular formula is C19H14FNO3S. The largest absolute Gasteiger partial charge is 0.454 e. The summed E-state index contributed by atoms with van der Waals surface area (Å²) in [4.78, 5) is 13.9. The molecule has 4 nitrogen and oxygen atoms in total. The summed E-state index contributed by atoms with van der Waals surface area (Å²) < 4.78 is 23.9. The zero-order chi connectivity index (χ0) is 17.2. The third-order valence-corrected chi connectivity index (χ3v) is 4.96. The Morgan fingerprint density at radius 2 is 1.96 bits per heavy atom. The second kappa shape index (κ2) is 6.57. The van der Waals surface area contributed by atoms with E-state index in [1.165, 1.54) is 23.5 Å². The highest BCUT2D eigenvalue weighted by Gasteiger charge is 2.16. The maximum absolute atomic E-state index is 13.2. The molecule has 0 unspecified atom stereocenters. The molecule has 1 aliphatic rings. The highest BCUT2D eigenvalue weighted by molar-refractivity contribution is 7.17. The first-order valence-corrected chi connectivity index (χ1v) is 8.53. The molecule has 0 atom stereocenters. The third-order valence-electron chi connectivity index (χ3n) is 3.83. The number of carbonyl (C=O) groups excluding carboxylic acids is 1. The number of halogens is 1. The smallest absolute Gasteiger partial charge is 0.261 e. The fourth-order valence-electron chi connectivity index (χ4n) is 2.58. The molecule has 126 valence electrons. The molecule has 3 aromatic rings. The minimum atomic E-state index is -0.312. The highest BCUT2D eigenvalue weighted by atomic mass is 32.1. The number of amides is 1. The monoisotopic (exact) mass is 355 g/mol. The Balaban J connectivity index is 1.46. The number of fused-ring (bicyclic) bond motifs is 1. The Hall–Kier alpha value is -2.86. The summed E-state index contributed by atoms with van der Waals surface area (Å²) in [5, 5.41) is 2.81. The number of rotatable bonds is 4. The van der Waals surface area contributed by atoms with Gasteiger partial charge in [0.05, 0.1) is 4.88 Å². The lowest BCUT2D eigenvalue weighted by Crippen LogP contribution is -2.21. The Kier molecular flexibility index (Phi) is 4.11. The van der Waals surface area contributed by atoms with Crippen molar-refractivity contribution in [1.29, 1.82) is 0 Å². The number of benzene rings is 2. The van der Waals surface area contributed by atoms with E-state index < -0.39 is 0 Å². The van der Waals surface area contributed by atoms with E-state index in [0.29, 0.717) is 10.6 Å². The van der Waals surface area contributed by atoms with E-state index in [4.69, 9.17) is 9.47 Å². The number of ether oxygens (including phenoxy) is 2. The fourth-order valence-corrected chi connectivity index (χ4v) is 3.50. The van der Waals surface area contributed by atoms with Crippen molar-refractivity contribution in [3.63, 3.8) is 0 Å².